The molecule has 1 aliphatic heterocycles. The number of nitrogens with zero attached hydrogens (tertiary/aromatic N) is 3. The number of para-hydroxylation sites is 1. The Bertz CT molecular complexity index is 1810. The molecule has 5 rings (SSSR count). The van der Waals surface area contributed by atoms with E-state index >= 15 is 0 Å². The maximum absolute atomic E-state index is 14.2. The van der Waals surface area contributed by atoms with E-state index in [-0.39, 0.29) is 18.2 Å². The minimum Gasteiger partial charge on any atom is -0.496 e. The first-order valence-electron chi connectivity index (χ1n) is 13.4. The summed E-state index contributed by atoms with van der Waals surface area (Å²) >= 11 is 7.75. The number of methoxy groups -OCH3 is 1. The quantitative estimate of drug-likeness (QED) is 0.249. The summed E-state index contributed by atoms with van der Waals surface area (Å²) in [5.41, 5.74) is 3.36. The van der Waals surface area contributed by atoms with E-state index in [4.69, 9.17) is 26.1 Å². The van der Waals surface area contributed by atoms with Crippen molar-refractivity contribution in [2.24, 2.45) is 4.99 Å². The van der Waals surface area contributed by atoms with Gasteiger partial charge in [0.15, 0.2) is 4.80 Å². The summed E-state index contributed by atoms with van der Waals surface area (Å²) in [7, 11) is 1.56. The van der Waals surface area contributed by atoms with Crippen LogP contribution >= 0.6 is 22.9 Å². The Kier molecular flexibility index (Phi) is 8.01. The molecule has 0 saturated heterocycles. The van der Waals surface area contributed by atoms with Crippen LogP contribution in [0.15, 0.2) is 69.7 Å². The minimum absolute atomic E-state index is 0.200. The van der Waals surface area contributed by atoms with E-state index in [2.05, 4.69) is 36.7 Å². The van der Waals surface area contributed by atoms with E-state index in [1.165, 1.54) is 11.3 Å². The van der Waals surface area contributed by atoms with Gasteiger partial charge in [0.05, 0.1) is 29.5 Å². The van der Waals surface area contributed by atoms with Crippen LogP contribution in [0.4, 0.5) is 0 Å². The van der Waals surface area contributed by atoms with Crippen molar-refractivity contribution < 1.29 is 14.3 Å². The third-order valence-corrected chi connectivity index (χ3v) is 8.21. The largest absolute Gasteiger partial charge is 0.496 e. The predicted molar refractivity (Wildman–Crippen MR) is 160 cm³/mol. The maximum Gasteiger partial charge on any atom is 0.338 e. The van der Waals surface area contributed by atoms with Crippen LogP contribution in [0.3, 0.4) is 0 Å². The number of rotatable bonds is 8. The monoisotopic (exact) mass is 577 g/mol. The number of aromatic nitrogens is 2. The maximum atomic E-state index is 14.2. The normalized spacial score (nSPS) is 15.5. The standard InChI is InChI=1S/C31H32ClN3O4S/c1-6-10-23-27(30(37)39-7-2)28(22-16-20(32)13-14-25(22)38-5)35-29(36)26(40-31(35)33-23)15-19-17-34(18(3)4)24-12-9-8-11-21(19)24/h8-9,11-18,28H,6-7,10H2,1-5H3/b26-15+/t28-/m1/s1. The summed E-state index contributed by atoms with van der Waals surface area (Å²) in [5.74, 6) is 0.0135. The summed E-state index contributed by atoms with van der Waals surface area (Å²) in [6.07, 6.45) is 5.33. The van der Waals surface area contributed by atoms with Crippen molar-refractivity contribution in [3.8, 4) is 5.75 Å². The fraction of sp³-hybridized carbons (Fsp3) is 0.323. The summed E-state index contributed by atoms with van der Waals surface area (Å²) in [5, 5.41) is 1.53. The number of ether oxygens (including phenoxy) is 2. The highest BCUT2D eigenvalue weighted by Gasteiger charge is 2.36. The number of fused-ring (bicyclic) bond motifs is 2. The lowest BCUT2D eigenvalue weighted by Crippen LogP contribution is -2.40. The molecule has 1 aliphatic rings. The molecule has 0 N–H and O–H groups in total. The third-order valence-electron chi connectivity index (χ3n) is 6.99. The third kappa shape index (κ3) is 4.90. The number of halogens is 1. The molecule has 9 heteroatoms. The Morgan fingerprint density at radius 3 is 2.67 bits per heavy atom. The number of hydrogen-bond acceptors (Lipinski definition) is 6. The van der Waals surface area contributed by atoms with Crippen molar-refractivity contribution in [3.63, 3.8) is 0 Å². The Balaban J connectivity index is 1.82. The topological polar surface area (TPSA) is 74.8 Å². The second kappa shape index (κ2) is 11.5. The first-order valence-corrected chi connectivity index (χ1v) is 14.6. The fourth-order valence-electron chi connectivity index (χ4n) is 5.25. The second-order valence-electron chi connectivity index (χ2n) is 9.90. The van der Waals surface area contributed by atoms with E-state index in [1.54, 1.807) is 36.8 Å². The molecular formula is C31H32ClN3O4S. The van der Waals surface area contributed by atoms with Crippen molar-refractivity contribution in [1.82, 2.24) is 9.13 Å². The van der Waals surface area contributed by atoms with Crippen LogP contribution in [0.2, 0.25) is 5.02 Å². The number of hydrogen-bond donors (Lipinski definition) is 0. The van der Waals surface area contributed by atoms with Crippen molar-refractivity contribution >= 4 is 45.9 Å². The molecule has 2 aromatic carbocycles. The van der Waals surface area contributed by atoms with Crippen molar-refractivity contribution in [2.45, 2.75) is 52.6 Å². The van der Waals surface area contributed by atoms with Crippen LogP contribution in [-0.4, -0.2) is 28.8 Å². The number of carbonyl (C=O) groups excluding carboxylic acids is 1. The van der Waals surface area contributed by atoms with Crippen LogP contribution < -0.4 is 19.6 Å². The number of allylic oxidation sites excluding steroid dienone is 1. The van der Waals surface area contributed by atoms with E-state index in [1.807, 2.05) is 25.1 Å². The van der Waals surface area contributed by atoms with Crippen LogP contribution in [-0.2, 0) is 9.53 Å². The molecule has 4 aromatic rings. The summed E-state index contributed by atoms with van der Waals surface area (Å²) in [6.45, 7) is 8.25. The SMILES string of the molecule is CCCC1=C(C(=O)OCC)[C@@H](c2cc(Cl)ccc2OC)n2c(s/c(=C/c3cn(C(C)C)c4ccccc34)c2=O)=N1. The van der Waals surface area contributed by atoms with Gasteiger partial charge in [-0.15, -0.1) is 0 Å². The molecule has 208 valence electrons. The van der Waals surface area contributed by atoms with Gasteiger partial charge in [-0.2, -0.15) is 0 Å². The van der Waals surface area contributed by atoms with Crippen molar-refractivity contribution in [2.75, 3.05) is 13.7 Å². The Morgan fingerprint density at radius 1 is 1.20 bits per heavy atom. The molecule has 0 radical (unpaired) electrons. The van der Waals surface area contributed by atoms with Gasteiger partial charge in [0.2, 0.25) is 0 Å². The number of carbonyl (C=O) groups is 1. The molecule has 0 amide bonds. The smallest absolute Gasteiger partial charge is 0.338 e. The molecule has 0 aliphatic carbocycles. The van der Waals surface area contributed by atoms with E-state index in [0.717, 1.165) is 22.9 Å². The van der Waals surface area contributed by atoms with Gasteiger partial charge >= 0.3 is 5.97 Å². The van der Waals surface area contributed by atoms with E-state index in [9.17, 15) is 9.59 Å². The lowest BCUT2D eigenvalue weighted by atomic mass is 9.93. The molecular weight excluding hydrogens is 546 g/mol. The minimum atomic E-state index is -0.801. The Labute approximate surface area is 241 Å². The average Bonchev–Trinajstić information content (AvgIpc) is 3.46. The molecule has 0 fully saturated rings. The highest BCUT2D eigenvalue weighted by molar-refractivity contribution is 7.07. The summed E-state index contributed by atoms with van der Waals surface area (Å²) < 4.78 is 15.5. The highest BCUT2D eigenvalue weighted by atomic mass is 35.5. The number of benzene rings is 2. The molecule has 40 heavy (non-hydrogen) atoms. The second-order valence-corrected chi connectivity index (χ2v) is 11.3. The lowest BCUT2D eigenvalue weighted by molar-refractivity contribution is -0.139. The zero-order chi connectivity index (χ0) is 28.6. The zero-order valence-corrected chi connectivity index (χ0v) is 24.8. The van der Waals surface area contributed by atoms with Gasteiger partial charge in [0.1, 0.15) is 11.8 Å². The van der Waals surface area contributed by atoms with E-state index < -0.39 is 12.0 Å². The summed E-state index contributed by atoms with van der Waals surface area (Å²) in [6, 6.07) is 12.8. The molecule has 0 spiro atoms. The highest BCUT2D eigenvalue weighted by Crippen LogP contribution is 2.38. The molecule has 3 heterocycles. The van der Waals surface area contributed by atoms with Gasteiger partial charge in [-0.1, -0.05) is 54.5 Å². The first-order chi connectivity index (χ1) is 19.3. The molecule has 0 bridgehead atoms. The lowest BCUT2D eigenvalue weighted by Gasteiger charge is -2.27. The van der Waals surface area contributed by atoms with Gasteiger partial charge < -0.3 is 14.0 Å². The molecule has 2 aromatic heterocycles. The zero-order valence-electron chi connectivity index (χ0n) is 23.2. The van der Waals surface area contributed by atoms with Crippen LogP contribution in [0.25, 0.3) is 17.0 Å². The van der Waals surface area contributed by atoms with Gasteiger partial charge in [-0.05, 0) is 57.5 Å². The fourth-order valence-corrected chi connectivity index (χ4v) is 6.44. The van der Waals surface area contributed by atoms with Crippen molar-refractivity contribution in [3.05, 3.63) is 95.8 Å². The van der Waals surface area contributed by atoms with Gasteiger partial charge in [0, 0.05) is 39.3 Å². The number of thiazole rings is 1. The van der Waals surface area contributed by atoms with Crippen LogP contribution in [0.1, 0.15) is 63.7 Å². The van der Waals surface area contributed by atoms with E-state index in [0.29, 0.717) is 43.4 Å². The van der Waals surface area contributed by atoms with Gasteiger partial charge in [0.25, 0.3) is 5.56 Å². The molecule has 7 nitrogen and oxygen atoms in total. The molecule has 1 atom stereocenters. The Hall–Kier alpha value is -3.62. The van der Waals surface area contributed by atoms with Gasteiger partial charge in [-0.25, -0.2) is 9.79 Å². The van der Waals surface area contributed by atoms with Crippen LogP contribution in [0, 0.1) is 0 Å². The number of esters is 1. The predicted octanol–water partition coefficient (Wildman–Crippen LogP) is 5.78. The first kappa shape index (κ1) is 27.9. The molecule has 0 saturated carbocycles. The molecule has 0 unspecified atom stereocenters. The van der Waals surface area contributed by atoms with Gasteiger partial charge in [-0.3, -0.25) is 9.36 Å². The van der Waals surface area contributed by atoms with Crippen LogP contribution in [0.5, 0.6) is 5.75 Å². The Morgan fingerprint density at radius 2 is 1.98 bits per heavy atom. The average molecular weight is 578 g/mol. The van der Waals surface area contributed by atoms with Crippen molar-refractivity contribution in [1.29, 1.82) is 0 Å². The summed E-state index contributed by atoms with van der Waals surface area (Å²) in [4.78, 5) is 33.0.